The Kier molecular flexibility index (Phi) is 4.55. The van der Waals surface area contributed by atoms with Crippen LogP contribution in [-0.2, 0) is 7.05 Å². The molecule has 0 radical (unpaired) electrons. The fourth-order valence-electron chi connectivity index (χ4n) is 3.72. The van der Waals surface area contributed by atoms with E-state index in [0.717, 1.165) is 55.3 Å². The average molecular weight is 407 g/mol. The van der Waals surface area contributed by atoms with Crippen molar-refractivity contribution in [3.8, 4) is 22.6 Å². The van der Waals surface area contributed by atoms with Crippen LogP contribution >= 0.6 is 0 Å². The number of aromatic nitrogens is 7. The number of aryl methyl sites for hydroxylation is 1. The molecule has 5 rings (SSSR count). The molecule has 5 aromatic rings. The van der Waals surface area contributed by atoms with Crippen LogP contribution in [0.25, 0.3) is 51.8 Å². The van der Waals surface area contributed by atoms with Gasteiger partial charge in [0, 0.05) is 59.1 Å². The van der Waals surface area contributed by atoms with Crippen molar-refractivity contribution in [3.05, 3.63) is 77.5 Å². The van der Waals surface area contributed by atoms with Crippen LogP contribution in [-0.4, -0.2) is 34.9 Å². The van der Waals surface area contributed by atoms with Crippen LogP contribution in [0.2, 0.25) is 0 Å². The molecule has 2 N–H and O–H groups in total. The zero-order valence-electron chi connectivity index (χ0n) is 17.3. The maximum Gasteiger partial charge on any atom is 0.116 e. The highest BCUT2D eigenvalue weighted by molar-refractivity contribution is 5.96. The van der Waals surface area contributed by atoms with Gasteiger partial charge in [-0.05, 0) is 42.8 Å². The number of H-pyrrole nitrogens is 2. The van der Waals surface area contributed by atoms with E-state index in [2.05, 4.69) is 55.0 Å². The summed E-state index contributed by atoms with van der Waals surface area (Å²) in [5, 5.41) is 14.5. The van der Waals surface area contributed by atoms with Crippen molar-refractivity contribution in [2.24, 2.45) is 7.05 Å². The number of allylic oxidation sites excluding steroid dienone is 2. The molecule has 0 atom stereocenters. The van der Waals surface area contributed by atoms with Crippen LogP contribution in [0.4, 0.5) is 0 Å². The van der Waals surface area contributed by atoms with Gasteiger partial charge >= 0.3 is 0 Å². The van der Waals surface area contributed by atoms with E-state index in [1.54, 1.807) is 17.1 Å². The molecular weight excluding hydrogens is 386 g/mol. The second-order valence-corrected chi connectivity index (χ2v) is 7.30. The van der Waals surface area contributed by atoms with E-state index < -0.39 is 0 Å². The van der Waals surface area contributed by atoms with Crippen LogP contribution in [0.3, 0.4) is 0 Å². The molecule has 5 heterocycles. The van der Waals surface area contributed by atoms with Crippen LogP contribution < -0.4 is 10.6 Å². The van der Waals surface area contributed by atoms with Crippen molar-refractivity contribution in [1.29, 1.82) is 0 Å². The summed E-state index contributed by atoms with van der Waals surface area (Å²) in [5.41, 5.74) is 6.63. The molecule has 0 unspecified atom stereocenters. The first kappa shape index (κ1) is 18.7. The maximum absolute atomic E-state index is 4.59. The van der Waals surface area contributed by atoms with Gasteiger partial charge in [0.1, 0.15) is 5.69 Å². The van der Waals surface area contributed by atoms with Gasteiger partial charge in [0.2, 0.25) is 0 Å². The normalized spacial score (nSPS) is 12.7. The van der Waals surface area contributed by atoms with Crippen molar-refractivity contribution >= 4 is 29.1 Å². The molecule has 0 aromatic carbocycles. The van der Waals surface area contributed by atoms with Gasteiger partial charge in [-0.1, -0.05) is 12.7 Å². The van der Waals surface area contributed by atoms with Gasteiger partial charge < -0.3 is 4.98 Å². The Bertz CT molecular complexity index is 1520. The van der Waals surface area contributed by atoms with Crippen molar-refractivity contribution in [2.75, 3.05) is 0 Å². The van der Waals surface area contributed by atoms with Gasteiger partial charge in [0.15, 0.2) is 0 Å². The Labute approximate surface area is 178 Å². The lowest BCUT2D eigenvalue weighted by Crippen LogP contribution is -2.22. The first-order valence-corrected chi connectivity index (χ1v) is 9.93. The summed E-state index contributed by atoms with van der Waals surface area (Å²) in [6.45, 7) is 6.15. The van der Waals surface area contributed by atoms with E-state index in [0.29, 0.717) is 0 Å². The molecule has 7 heteroatoms. The summed E-state index contributed by atoms with van der Waals surface area (Å²) in [5.74, 6) is 0. The molecule has 0 aliphatic carbocycles. The van der Waals surface area contributed by atoms with E-state index >= 15 is 0 Å². The molecule has 0 fully saturated rings. The quantitative estimate of drug-likeness (QED) is 0.479. The Morgan fingerprint density at radius 3 is 2.81 bits per heavy atom. The van der Waals surface area contributed by atoms with Crippen LogP contribution in [0.15, 0.2) is 61.3 Å². The molecule has 0 saturated heterocycles. The molecular formula is C24H21N7. The van der Waals surface area contributed by atoms with Crippen LogP contribution in [0, 0.1) is 0 Å². The lowest BCUT2D eigenvalue weighted by atomic mass is 10.1. The first-order valence-electron chi connectivity index (χ1n) is 9.93. The van der Waals surface area contributed by atoms with Crippen LogP contribution in [0.5, 0.6) is 0 Å². The Hall–Kier alpha value is -4.26. The summed E-state index contributed by atoms with van der Waals surface area (Å²) < 4.78 is 1.79. The van der Waals surface area contributed by atoms with E-state index in [9.17, 15) is 0 Å². The smallest absolute Gasteiger partial charge is 0.116 e. The third-order valence-electron chi connectivity index (χ3n) is 5.27. The van der Waals surface area contributed by atoms with Crippen LogP contribution in [0.1, 0.15) is 12.5 Å². The predicted molar refractivity (Wildman–Crippen MR) is 123 cm³/mol. The predicted octanol–water partition coefficient (Wildman–Crippen LogP) is 3.04. The molecule has 0 aliphatic heterocycles. The van der Waals surface area contributed by atoms with E-state index in [1.165, 1.54) is 0 Å². The fourth-order valence-corrected chi connectivity index (χ4v) is 3.72. The molecule has 152 valence electrons. The van der Waals surface area contributed by atoms with Gasteiger partial charge in [0.05, 0.1) is 22.9 Å². The molecule has 0 saturated carbocycles. The number of aromatic amines is 2. The molecule has 7 nitrogen and oxygen atoms in total. The number of pyridine rings is 2. The average Bonchev–Trinajstić information content (AvgIpc) is 3.50. The van der Waals surface area contributed by atoms with E-state index in [4.69, 9.17) is 0 Å². The first-order chi connectivity index (χ1) is 15.1. The highest BCUT2D eigenvalue weighted by atomic mass is 15.2. The lowest BCUT2D eigenvalue weighted by molar-refractivity contribution is 0.767. The van der Waals surface area contributed by atoms with Crippen molar-refractivity contribution in [1.82, 2.24) is 34.9 Å². The third-order valence-corrected chi connectivity index (χ3v) is 5.27. The van der Waals surface area contributed by atoms with Gasteiger partial charge in [-0.3, -0.25) is 19.7 Å². The highest BCUT2D eigenvalue weighted by Gasteiger charge is 2.13. The minimum absolute atomic E-state index is 0.752. The number of hydrogen-bond acceptors (Lipinski definition) is 4. The van der Waals surface area contributed by atoms with Crippen molar-refractivity contribution in [3.63, 3.8) is 0 Å². The number of rotatable bonds is 4. The SMILES string of the molecule is C=c1[nH]nc(-c2cc3c(-c4cccnc4)nccc3[nH]2)/c1=C/C(=C\C)c1cnn(C)c1. The summed E-state index contributed by atoms with van der Waals surface area (Å²) in [6.07, 6.45) is 13.4. The second kappa shape index (κ2) is 7.53. The standard InChI is InChI=1S/C24H21N7/c1-4-16(18-13-27-31(3)14-18)10-19-15(2)29-30-24(19)22-11-20-21(28-22)7-9-26-23(20)17-6-5-8-25-12-17/h4-14,28-29H,2H2,1,3H3/b16-4+,19-10+. The Morgan fingerprint density at radius 1 is 1.16 bits per heavy atom. The van der Waals surface area contributed by atoms with Gasteiger partial charge in [0.25, 0.3) is 0 Å². The third kappa shape index (κ3) is 3.36. The summed E-state index contributed by atoms with van der Waals surface area (Å²) in [7, 11) is 1.91. The minimum Gasteiger partial charge on any atom is -0.353 e. The number of fused-ring (bicyclic) bond motifs is 1. The van der Waals surface area contributed by atoms with E-state index in [1.807, 2.05) is 50.8 Å². The molecule has 0 amide bonds. The zero-order chi connectivity index (χ0) is 21.4. The summed E-state index contributed by atoms with van der Waals surface area (Å²) >= 11 is 0. The van der Waals surface area contributed by atoms with E-state index in [-0.39, 0.29) is 0 Å². The lowest BCUT2D eigenvalue weighted by Gasteiger charge is -2.00. The maximum atomic E-state index is 4.59. The summed E-state index contributed by atoms with van der Waals surface area (Å²) in [4.78, 5) is 12.3. The Balaban J connectivity index is 1.67. The number of hydrogen-bond donors (Lipinski definition) is 2. The topological polar surface area (TPSA) is 88.1 Å². The van der Waals surface area contributed by atoms with Gasteiger partial charge in [-0.15, -0.1) is 0 Å². The largest absolute Gasteiger partial charge is 0.353 e. The zero-order valence-corrected chi connectivity index (χ0v) is 17.3. The molecule has 31 heavy (non-hydrogen) atoms. The minimum atomic E-state index is 0.752. The monoisotopic (exact) mass is 407 g/mol. The molecule has 0 spiro atoms. The van der Waals surface area contributed by atoms with Crippen molar-refractivity contribution in [2.45, 2.75) is 6.92 Å². The van der Waals surface area contributed by atoms with Crippen molar-refractivity contribution < 1.29 is 0 Å². The second-order valence-electron chi connectivity index (χ2n) is 7.30. The van der Waals surface area contributed by atoms with Gasteiger partial charge in [-0.25, -0.2) is 0 Å². The molecule has 5 aromatic heterocycles. The highest BCUT2D eigenvalue weighted by Crippen LogP contribution is 2.29. The fraction of sp³-hybridized carbons (Fsp3) is 0.0833. The van der Waals surface area contributed by atoms with Gasteiger partial charge in [-0.2, -0.15) is 10.2 Å². The molecule has 0 bridgehead atoms. The Morgan fingerprint density at radius 2 is 2.06 bits per heavy atom. The number of nitrogens with one attached hydrogen (secondary N) is 2. The molecule has 0 aliphatic rings. The number of nitrogens with zero attached hydrogens (tertiary/aromatic N) is 5. The summed E-state index contributed by atoms with van der Waals surface area (Å²) in [6, 6.07) is 7.97.